The maximum Gasteiger partial charge on any atom is 0.336 e. The number of methoxy groups -OCH3 is 1. The molecule has 2 aromatic rings. The number of hydrogen-bond donors (Lipinski definition) is 1. The minimum atomic E-state index is -1.10. The van der Waals surface area contributed by atoms with Crippen LogP contribution < -0.4 is 5.32 Å². The van der Waals surface area contributed by atoms with Gasteiger partial charge in [-0.3, -0.25) is 15.0 Å². The van der Waals surface area contributed by atoms with E-state index in [1.165, 1.54) is 36.4 Å². The number of rotatable bonds is 7. The molecule has 0 fully saturated rings. The van der Waals surface area contributed by atoms with E-state index in [9.17, 15) is 19.7 Å². The van der Waals surface area contributed by atoms with Crippen molar-refractivity contribution in [3.63, 3.8) is 0 Å². The molecule has 36 heavy (non-hydrogen) atoms. The van der Waals surface area contributed by atoms with Crippen molar-refractivity contribution in [3.8, 4) is 0 Å². The molecule has 9 nitrogen and oxygen atoms in total. The fourth-order valence-corrected chi connectivity index (χ4v) is 4.97. The molecule has 10 heteroatoms. The predicted molar refractivity (Wildman–Crippen MR) is 133 cm³/mol. The minimum absolute atomic E-state index is 0.0791. The molecule has 1 unspecified atom stereocenters. The van der Waals surface area contributed by atoms with E-state index in [4.69, 9.17) is 21.1 Å². The van der Waals surface area contributed by atoms with Gasteiger partial charge in [-0.1, -0.05) is 35.9 Å². The topological polar surface area (TPSA) is 111 Å². The Hall–Kier alpha value is -3.69. The molecule has 0 saturated heterocycles. The summed E-state index contributed by atoms with van der Waals surface area (Å²) in [4.78, 5) is 39.6. The molecular weight excluding hydrogens is 486 g/mol. The van der Waals surface area contributed by atoms with Crippen LogP contribution in [0.25, 0.3) is 0 Å². The summed E-state index contributed by atoms with van der Waals surface area (Å²) in [6.07, 6.45) is 0. The first kappa shape index (κ1) is 25.4. The number of hydrogen-bond acceptors (Lipinski definition) is 8. The number of carbonyl (C=O) groups is 2. The van der Waals surface area contributed by atoms with Crippen molar-refractivity contribution in [2.45, 2.75) is 32.9 Å². The van der Waals surface area contributed by atoms with E-state index in [0.717, 1.165) is 13.1 Å². The fourth-order valence-electron chi connectivity index (χ4n) is 4.79. The van der Waals surface area contributed by atoms with Gasteiger partial charge >= 0.3 is 11.9 Å². The standard InChI is InChI=1S/C26H26ClN3O6/c1-15-22(25(31)35-3)24(20-12-19(27)8-9-21(20)30(33)34)23(16(2)28-15)26(32)36-11-10-29-13-17-6-4-5-7-18(17)14-29/h4-9,12,24,28H,10-11,13-14H2,1-3H3. The number of nitro benzene ring substituents is 1. The molecule has 0 spiro atoms. The molecule has 0 radical (unpaired) electrons. The zero-order chi connectivity index (χ0) is 26.0. The minimum Gasteiger partial charge on any atom is -0.466 e. The Morgan fingerprint density at radius 1 is 1.08 bits per heavy atom. The Balaban J connectivity index is 1.62. The van der Waals surface area contributed by atoms with Crippen molar-refractivity contribution >= 4 is 29.2 Å². The van der Waals surface area contributed by atoms with Crippen molar-refractivity contribution in [2.24, 2.45) is 0 Å². The lowest BCUT2D eigenvalue weighted by atomic mass is 9.79. The number of benzene rings is 2. The van der Waals surface area contributed by atoms with Crippen LogP contribution in [0.15, 0.2) is 65.0 Å². The van der Waals surface area contributed by atoms with Gasteiger partial charge < -0.3 is 14.8 Å². The van der Waals surface area contributed by atoms with Gasteiger partial charge in [0, 0.05) is 47.7 Å². The third-order valence-electron chi connectivity index (χ3n) is 6.43. The van der Waals surface area contributed by atoms with Crippen LogP contribution in [0, 0.1) is 10.1 Å². The Morgan fingerprint density at radius 3 is 2.28 bits per heavy atom. The van der Waals surface area contributed by atoms with Crippen LogP contribution in [-0.4, -0.2) is 42.0 Å². The van der Waals surface area contributed by atoms with Crippen LogP contribution in [0.4, 0.5) is 5.69 Å². The molecule has 4 rings (SSSR count). The van der Waals surface area contributed by atoms with Crippen LogP contribution >= 0.6 is 11.6 Å². The van der Waals surface area contributed by atoms with E-state index in [-0.39, 0.29) is 34.0 Å². The molecule has 0 amide bonds. The molecule has 2 heterocycles. The van der Waals surface area contributed by atoms with Crippen LogP contribution in [0.2, 0.25) is 5.02 Å². The largest absolute Gasteiger partial charge is 0.466 e. The van der Waals surface area contributed by atoms with Gasteiger partial charge in [0.05, 0.1) is 29.1 Å². The van der Waals surface area contributed by atoms with Gasteiger partial charge in [0.2, 0.25) is 0 Å². The second kappa shape index (κ2) is 10.5. The predicted octanol–water partition coefficient (Wildman–Crippen LogP) is 4.22. The van der Waals surface area contributed by atoms with Gasteiger partial charge in [-0.2, -0.15) is 0 Å². The zero-order valence-corrected chi connectivity index (χ0v) is 20.9. The monoisotopic (exact) mass is 511 g/mol. The molecule has 1 N–H and O–H groups in total. The highest BCUT2D eigenvalue weighted by atomic mass is 35.5. The van der Waals surface area contributed by atoms with E-state index < -0.39 is 22.8 Å². The van der Waals surface area contributed by atoms with Crippen molar-refractivity contribution < 1.29 is 24.0 Å². The molecule has 188 valence electrons. The molecule has 2 aliphatic rings. The third kappa shape index (κ3) is 4.98. The molecule has 0 aromatic heterocycles. The summed E-state index contributed by atoms with van der Waals surface area (Å²) in [6, 6.07) is 12.2. The summed E-state index contributed by atoms with van der Waals surface area (Å²) >= 11 is 6.19. The number of nitrogens with zero attached hydrogens (tertiary/aromatic N) is 2. The Labute approximate surface area is 213 Å². The summed E-state index contributed by atoms with van der Waals surface area (Å²) < 4.78 is 10.6. The quantitative estimate of drug-likeness (QED) is 0.334. The number of carbonyl (C=O) groups excluding carboxylic acids is 2. The van der Waals surface area contributed by atoms with Gasteiger partial charge in [0.1, 0.15) is 6.61 Å². The van der Waals surface area contributed by atoms with Crippen LogP contribution in [-0.2, 0) is 32.2 Å². The van der Waals surface area contributed by atoms with Gasteiger partial charge in [0.25, 0.3) is 5.69 Å². The van der Waals surface area contributed by atoms with E-state index in [1.54, 1.807) is 13.8 Å². The van der Waals surface area contributed by atoms with Crippen LogP contribution in [0.5, 0.6) is 0 Å². The van der Waals surface area contributed by atoms with Gasteiger partial charge in [-0.05, 0) is 37.1 Å². The number of ether oxygens (including phenoxy) is 2. The van der Waals surface area contributed by atoms with Crippen molar-refractivity contribution in [1.82, 2.24) is 10.2 Å². The van der Waals surface area contributed by atoms with Crippen molar-refractivity contribution in [3.05, 3.63) is 96.8 Å². The molecule has 2 aliphatic heterocycles. The van der Waals surface area contributed by atoms with Crippen LogP contribution in [0.3, 0.4) is 0 Å². The van der Waals surface area contributed by atoms with E-state index in [1.807, 2.05) is 12.1 Å². The maximum absolute atomic E-state index is 13.4. The highest BCUT2D eigenvalue weighted by Crippen LogP contribution is 2.43. The highest BCUT2D eigenvalue weighted by molar-refractivity contribution is 6.30. The smallest absolute Gasteiger partial charge is 0.336 e. The van der Waals surface area contributed by atoms with Gasteiger partial charge in [-0.15, -0.1) is 0 Å². The van der Waals surface area contributed by atoms with Crippen molar-refractivity contribution in [1.29, 1.82) is 0 Å². The second-order valence-electron chi connectivity index (χ2n) is 8.70. The summed E-state index contributed by atoms with van der Waals surface area (Å²) in [5, 5.41) is 15.1. The molecule has 0 bridgehead atoms. The lowest BCUT2D eigenvalue weighted by Crippen LogP contribution is -2.33. The number of esters is 2. The number of nitrogens with one attached hydrogen (secondary N) is 1. The summed E-state index contributed by atoms with van der Waals surface area (Å²) in [7, 11) is 1.21. The first-order valence-electron chi connectivity index (χ1n) is 11.4. The fraction of sp³-hybridized carbons (Fsp3) is 0.308. The van der Waals surface area contributed by atoms with Crippen molar-refractivity contribution in [2.75, 3.05) is 20.3 Å². The second-order valence-corrected chi connectivity index (χ2v) is 9.14. The lowest BCUT2D eigenvalue weighted by molar-refractivity contribution is -0.385. The first-order valence-corrected chi connectivity index (χ1v) is 11.8. The number of halogens is 1. The Morgan fingerprint density at radius 2 is 1.69 bits per heavy atom. The maximum atomic E-state index is 13.4. The average molecular weight is 512 g/mol. The highest BCUT2D eigenvalue weighted by Gasteiger charge is 2.41. The van der Waals surface area contributed by atoms with E-state index in [2.05, 4.69) is 22.3 Å². The molecular formula is C26H26ClN3O6. The summed E-state index contributed by atoms with van der Waals surface area (Å²) in [5.74, 6) is -2.49. The average Bonchev–Trinajstić information content (AvgIpc) is 3.25. The molecule has 0 saturated carbocycles. The SMILES string of the molecule is COC(=O)C1=C(C)NC(C)=C(C(=O)OCCN2Cc3ccccc3C2)C1c1cc(Cl)ccc1[N+](=O)[O-]. The van der Waals surface area contributed by atoms with E-state index >= 15 is 0 Å². The number of nitro groups is 1. The van der Waals surface area contributed by atoms with E-state index in [0.29, 0.717) is 17.9 Å². The molecule has 1 atom stereocenters. The first-order chi connectivity index (χ1) is 17.2. The number of dihydropyridines is 1. The zero-order valence-electron chi connectivity index (χ0n) is 20.2. The normalized spacial score (nSPS) is 17.5. The van der Waals surface area contributed by atoms with Gasteiger partial charge in [0.15, 0.2) is 0 Å². The Bertz CT molecular complexity index is 1280. The Kier molecular flexibility index (Phi) is 7.42. The molecule has 0 aliphatic carbocycles. The number of fused-ring (bicyclic) bond motifs is 1. The number of allylic oxidation sites excluding steroid dienone is 2. The van der Waals surface area contributed by atoms with Crippen LogP contribution in [0.1, 0.15) is 36.5 Å². The lowest BCUT2D eigenvalue weighted by Gasteiger charge is -2.30. The van der Waals surface area contributed by atoms with Gasteiger partial charge in [-0.25, -0.2) is 9.59 Å². The molecule has 2 aromatic carbocycles. The summed E-state index contributed by atoms with van der Waals surface area (Å²) in [6.45, 7) is 5.47. The third-order valence-corrected chi connectivity index (χ3v) is 6.66. The summed E-state index contributed by atoms with van der Waals surface area (Å²) in [5.41, 5.74) is 3.35.